The number of aliphatic carboxylic acids is 1. The number of carbonyl (C=O) groups excluding carboxylic acids is 6. The molecule has 0 aliphatic carbocycles. The lowest BCUT2D eigenvalue weighted by atomic mass is 10.0. The third kappa shape index (κ3) is 6.17. The van der Waals surface area contributed by atoms with Crippen LogP contribution in [0.3, 0.4) is 0 Å². The molecule has 1 unspecified atom stereocenters. The van der Waals surface area contributed by atoms with E-state index in [1.165, 1.54) is 23.6 Å². The van der Waals surface area contributed by atoms with E-state index in [2.05, 4.69) is 10.6 Å². The van der Waals surface area contributed by atoms with E-state index in [0.717, 1.165) is 9.80 Å². The van der Waals surface area contributed by atoms with Crippen molar-refractivity contribution < 1.29 is 48.9 Å². The summed E-state index contributed by atoms with van der Waals surface area (Å²) in [5.74, 6) is -5.12. The molecule has 3 heterocycles. The Morgan fingerprint density at radius 3 is 2.39 bits per heavy atom. The number of ether oxygens (including phenoxy) is 1. The predicted octanol–water partition coefficient (Wildman–Crippen LogP) is -1.39. The minimum Gasteiger partial charge on any atom is -0.477 e. The molecule has 15 nitrogen and oxygen atoms in total. The van der Waals surface area contributed by atoms with Crippen molar-refractivity contribution in [2.75, 3.05) is 32.0 Å². The van der Waals surface area contributed by atoms with Crippen LogP contribution in [0, 0.1) is 0 Å². The number of thioether (sulfide) groups is 1. The maximum atomic E-state index is 13.4. The quantitative estimate of drug-likeness (QED) is 0.183. The first-order chi connectivity index (χ1) is 19.0. The van der Waals surface area contributed by atoms with Crippen molar-refractivity contribution in [3.8, 4) is 0 Å². The largest absolute Gasteiger partial charge is 0.477 e. The molecule has 3 aliphatic heterocycles. The summed E-state index contributed by atoms with van der Waals surface area (Å²) >= 11 is 1.19. The van der Waals surface area contributed by atoms with Gasteiger partial charge >= 0.3 is 29.8 Å². The molecule has 0 bridgehead atoms. The molecule has 4 rings (SSSR count). The van der Waals surface area contributed by atoms with Gasteiger partial charge in [-0.25, -0.2) is 9.59 Å². The molecule has 1 aromatic carbocycles. The number of benzene rings is 1. The van der Waals surface area contributed by atoms with Crippen molar-refractivity contribution in [2.45, 2.75) is 31.3 Å². The minimum absolute atomic E-state index is 0. The number of rotatable bonds is 8. The SMILES string of the molecule is CCN1CCN(C(=O)NC(C(=O)N[C@@H]2C(=O)N3C(C(=O)O)=C(COC(C)=O)CS[C@H]23)c2ccccc2)C(=O)C1=O.O. The molecule has 2 fully saturated rings. The second-order valence-corrected chi connectivity index (χ2v) is 10.2. The summed E-state index contributed by atoms with van der Waals surface area (Å²) in [6.07, 6.45) is 0. The topological polar surface area (TPSA) is 214 Å². The summed E-state index contributed by atoms with van der Waals surface area (Å²) in [5, 5.41) is 14.1. The summed E-state index contributed by atoms with van der Waals surface area (Å²) in [6.45, 7) is 3.02. The highest BCUT2D eigenvalue weighted by Crippen LogP contribution is 2.40. The summed E-state index contributed by atoms with van der Waals surface area (Å²) in [6, 6.07) is 4.75. The Morgan fingerprint density at radius 1 is 1.10 bits per heavy atom. The Kier molecular flexibility index (Phi) is 9.72. The van der Waals surface area contributed by atoms with Gasteiger partial charge in [0.1, 0.15) is 29.8 Å². The third-order valence-electron chi connectivity index (χ3n) is 6.60. The number of nitrogens with one attached hydrogen (secondary N) is 2. The number of carbonyl (C=O) groups is 7. The van der Waals surface area contributed by atoms with E-state index >= 15 is 0 Å². The molecule has 6 amide bonds. The predicted molar refractivity (Wildman–Crippen MR) is 142 cm³/mol. The molecule has 3 atom stereocenters. The van der Waals surface area contributed by atoms with Crippen molar-refractivity contribution in [1.29, 1.82) is 0 Å². The number of hydrogen-bond donors (Lipinski definition) is 3. The maximum absolute atomic E-state index is 13.4. The number of carboxylic acids is 1. The third-order valence-corrected chi connectivity index (χ3v) is 7.94. The van der Waals surface area contributed by atoms with Gasteiger partial charge in [-0.1, -0.05) is 30.3 Å². The fourth-order valence-corrected chi connectivity index (χ4v) is 5.86. The van der Waals surface area contributed by atoms with Crippen LogP contribution in [-0.2, 0) is 33.5 Å². The van der Waals surface area contributed by atoms with Crippen molar-refractivity contribution >= 4 is 53.4 Å². The second-order valence-electron chi connectivity index (χ2n) is 9.07. The summed E-state index contributed by atoms with van der Waals surface area (Å²) in [7, 11) is 0. The molecule has 0 saturated carbocycles. The number of carboxylic acid groups (broad SMARTS) is 1. The van der Waals surface area contributed by atoms with Gasteiger partial charge in [-0.15, -0.1) is 11.8 Å². The normalized spacial score (nSPS) is 20.8. The van der Waals surface area contributed by atoms with Gasteiger partial charge in [-0.2, -0.15) is 0 Å². The molecule has 0 radical (unpaired) electrons. The van der Waals surface area contributed by atoms with Crippen LogP contribution in [-0.4, -0.2) is 110 Å². The van der Waals surface area contributed by atoms with Crippen molar-refractivity contribution in [3.05, 3.63) is 47.2 Å². The van der Waals surface area contributed by atoms with Crippen LogP contribution in [0.15, 0.2) is 41.6 Å². The number of piperazine rings is 1. The number of β-lactam (4-membered cyclic amide) rings is 1. The molecule has 1 aromatic rings. The van der Waals surface area contributed by atoms with Crippen LogP contribution in [0.2, 0.25) is 0 Å². The Hall–Kier alpha value is -4.44. The monoisotopic (exact) mass is 591 g/mol. The van der Waals surface area contributed by atoms with Crippen molar-refractivity contribution in [2.24, 2.45) is 0 Å². The van der Waals surface area contributed by atoms with E-state index < -0.39 is 59.1 Å². The van der Waals surface area contributed by atoms with Gasteiger partial charge in [0.15, 0.2) is 0 Å². The van der Waals surface area contributed by atoms with E-state index in [1.54, 1.807) is 37.3 Å². The molecule has 0 spiro atoms. The fraction of sp³-hybridized carbons (Fsp3) is 0.400. The van der Waals surface area contributed by atoms with Crippen molar-refractivity contribution in [1.82, 2.24) is 25.3 Å². The number of hydrogen-bond acceptors (Lipinski definition) is 9. The molecule has 3 aliphatic rings. The lowest BCUT2D eigenvalue weighted by Gasteiger charge is -2.49. The van der Waals surface area contributed by atoms with E-state index in [-0.39, 0.29) is 42.2 Å². The standard InChI is InChI=1S/C25H27N5O9S.H2O/c1-3-28-9-10-29(22(35)21(28)34)25(38)27-16(14-7-5-4-6-8-14)19(32)26-17-20(33)30-18(24(36)37)15(11-39-13(2)31)12-40-23(17)30;/h4-8,16-17,23H,3,9-12H2,1-2H3,(H,26,32)(H,27,38)(H,36,37);1H2/t16?,17-,23-;/m1./s1. The molecule has 41 heavy (non-hydrogen) atoms. The van der Waals surface area contributed by atoms with Crippen LogP contribution >= 0.6 is 11.8 Å². The number of amides is 6. The van der Waals surface area contributed by atoms with Crippen LogP contribution in [0.25, 0.3) is 0 Å². The zero-order chi connectivity index (χ0) is 29.1. The first-order valence-electron chi connectivity index (χ1n) is 12.3. The lowest BCUT2D eigenvalue weighted by Crippen LogP contribution is -2.71. The molecular weight excluding hydrogens is 562 g/mol. The molecule has 0 aromatic heterocycles. The number of likely N-dealkylation sites (N-methyl/N-ethyl adjacent to an activating group) is 1. The van der Waals surface area contributed by atoms with Crippen LogP contribution in [0.1, 0.15) is 25.5 Å². The van der Waals surface area contributed by atoms with Crippen LogP contribution < -0.4 is 10.6 Å². The molecule has 2 saturated heterocycles. The first kappa shape index (κ1) is 31.1. The average Bonchev–Trinajstić information content (AvgIpc) is 2.94. The van der Waals surface area contributed by atoms with E-state index in [9.17, 15) is 38.7 Å². The maximum Gasteiger partial charge on any atom is 0.352 e. The highest BCUT2D eigenvalue weighted by atomic mass is 32.2. The number of esters is 1. The van der Waals surface area contributed by atoms with Gasteiger partial charge in [-0.3, -0.25) is 33.8 Å². The Balaban J connectivity index is 0.00000462. The Labute approximate surface area is 238 Å². The van der Waals surface area contributed by atoms with Crippen molar-refractivity contribution in [3.63, 3.8) is 0 Å². The zero-order valence-electron chi connectivity index (χ0n) is 22.1. The van der Waals surface area contributed by atoms with Crippen LogP contribution in [0.4, 0.5) is 4.79 Å². The van der Waals surface area contributed by atoms with E-state index in [1.807, 2.05) is 0 Å². The van der Waals surface area contributed by atoms with Crippen LogP contribution in [0.5, 0.6) is 0 Å². The number of imide groups is 1. The molecule has 16 heteroatoms. The second kappa shape index (κ2) is 12.8. The van der Waals surface area contributed by atoms with Gasteiger partial charge < -0.3 is 30.9 Å². The van der Waals surface area contributed by atoms with Gasteiger partial charge in [0, 0.05) is 37.9 Å². The highest BCUT2D eigenvalue weighted by molar-refractivity contribution is 8.00. The zero-order valence-corrected chi connectivity index (χ0v) is 22.9. The van der Waals surface area contributed by atoms with E-state index in [0.29, 0.717) is 12.1 Å². The Morgan fingerprint density at radius 2 is 1.78 bits per heavy atom. The first-order valence-corrected chi connectivity index (χ1v) is 13.4. The number of urea groups is 1. The average molecular weight is 592 g/mol. The van der Waals surface area contributed by atoms with Gasteiger partial charge in [0.2, 0.25) is 5.91 Å². The van der Waals surface area contributed by atoms with E-state index in [4.69, 9.17) is 4.74 Å². The fourth-order valence-electron chi connectivity index (χ4n) is 4.54. The Bertz CT molecular complexity index is 1300. The number of fused-ring (bicyclic) bond motifs is 1. The molecular formula is C25H29N5O10S. The highest BCUT2D eigenvalue weighted by Gasteiger charge is 2.54. The van der Waals surface area contributed by atoms with Gasteiger partial charge in [-0.05, 0) is 12.5 Å². The molecule has 5 N–H and O–H groups in total. The minimum atomic E-state index is -1.37. The summed E-state index contributed by atoms with van der Waals surface area (Å²) in [4.78, 5) is 90.4. The summed E-state index contributed by atoms with van der Waals surface area (Å²) < 4.78 is 4.92. The lowest BCUT2D eigenvalue weighted by molar-refractivity contribution is -0.153. The van der Waals surface area contributed by atoms with Gasteiger partial charge in [0.25, 0.3) is 5.91 Å². The smallest absolute Gasteiger partial charge is 0.352 e. The molecule has 220 valence electrons. The number of nitrogens with zero attached hydrogens (tertiary/aromatic N) is 3. The van der Waals surface area contributed by atoms with Gasteiger partial charge in [0.05, 0.1) is 0 Å². The summed E-state index contributed by atoms with van der Waals surface area (Å²) in [5.41, 5.74) is 0.302.